The summed E-state index contributed by atoms with van der Waals surface area (Å²) in [5.41, 5.74) is 1.61. The second kappa shape index (κ2) is 2.73. The lowest BCUT2D eigenvalue weighted by Crippen LogP contribution is -2.12. The van der Waals surface area contributed by atoms with Crippen molar-refractivity contribution in [1.29, 1.82) is 0 Å². The first-order valence-electron chi connectivity index (χ1n) is 3.99. The number of hydrogen-bond donors (Lipinski definition) is 1. The molecule has 0 saturated heterocycles. The topological polar surface area (TPSA) is 12.0 Å². The van der Waals surface area contributed by atoms with Gasteiger partial charge in [0.15, 0.2) is 11.6 Å². The number of aryl methyl sites for hydroxylation is 1. The highest BCUT2D eigenvalue weighted by atomic mass is 19.2. The first-order valence-corrected chi connectivity index (χ1v) is 3.99. The van der Waals surface area contributed by atoms with E-state index >= 15 is 0 Å². The minimum Gasteiger partial charge on any atom is -0.385 e. The van der Waals surface area contributed by atoms with Gasteiger partial charge in [0.25, 0.3) is 0 Å². The highest BCUT2D eigenvalue weighted by Crippen LogP contribution is 2.24. The number of fused-ring (bicyclic) bond motifs is 1. The number of benzene rings is 1. The molecule has 0 bridgehead atoms. The van der Waals surface area contributed by atoms with Gasteiger partial charge in [0.2, 0.25) is 0 Å². The third-order valence-corrected chi connectivity index (χ3v) is 2.08. The van der Waals surface area contributed by atoms with Gasteiger partial charge in [-0.05, 0) is 24.5 Å². The zero-order valence-electron chi connectivity index (χ0n) is 6.53. The Morgan fingerprint density at radius 2 is 1.92 bits per heavy atom. The fourth-order valence-corrected chi connectivity index (χ4v) is 1.46. The maximum absolute atomic E-state index is 12.7. The Balaban J connectivity index is 2.49. The summed E-state index contributed by atoms with van der Waals surface area (Å²) < 4.78 is 25.4. The largest absolute Gasteiger partial charge is 0.385 e. The highest BCUT2D eigenvalue weighted by molar-refractivity contribution is 5.53. The third-order valence-electron chi connectivity index (χ3n) is 2.08. The predicted octanol–water partition coefficient (Wildman–Crippen LogP) is 2.32. The molecule has 0 radical (unpaired) electrons. The van der Waals surface area contributed by atoms with Gasteiger partial charge in [-0.1, -0.05) is 0 Å². The molecule has 1 heterocycles. The van der Waals surface area contributed by atoms with E-state index in [1.165, 1.54) is 12.1 Å². The SMILES string of the molecule is Fc1cc2c(cc1F)NCCC2. The van der Waals surface area contributed by atoms with Crippen molar-refractivity contribution in [3.63, 3.8) is 0 Å². The van der Waals surface area contributed by atoms with Crippen LogP contribution >= 0.6 is 0 Å². The van der Waals surface area contributed by atoms with E-state index in [1.807, 2.05) is 0 Å². The minimum atomic E-state index is -0.775. The van der Waals surface area contributed by atoms with E-state index in [4.69, 9.17) is 0 Å². The zero-order valence-corrected chi connectivity index (χ0v) is 6.53. The maximum Gasteiger partial charge on any atom is 0.160 e. The van der Waals surface area contributed by atoms with Crippen LogP contribution in [0, 0.1) is 11.6 Å². The molecule has 3 heteroatoms. The number of nitrogens with one attached hydrogen (secondary N) is 1. The molecule has 0 amide bonds. The summed E-state index contributed by atoms with van der Waals surface area (Å²) in [6.45, 7) is 0.845. The second-order valence-corrected chi connectivity index (χ2v) is 2.95. The Bertz CT molecular complexity index is 279. The molecule has 0 aliphatic carbocycles. The van der Waals surface area contributed by atoms with Crippen molar-refractivity contribution in [1.82, 2.24) is 0 Å². The van der Waals surface area contributed by atoms with E-state index in [2.05, 4.69) is 5.32 Å². The Morgan fingerprint density at radius 3 is 2.75 bits per heavy atom. The maximum atomic E-state index is 12.7. The summed E-state index contributed by atoms with van der Waals surface area (Å²) in [5, 5.41) is 3.02. The average Bonchev–Trinajstić information content (AvgIpc) is 2.07. The number of hydrogen-bond acceptors (Lipinski definition) is 1. The minimum absolute atomic E-state index is 0.736. The lowest BCUT2D eigenvalue weighted by atomic mass is 10.0. The van der Waals surface area contributed by atoms with Crippen LogP contribution in [0.1, 0.15) is 12.0 Å². The molecule has 12 heavy (non-hydrogen) atoms. The zero-order chi connectivity index (χ0) is 8.55. The van der Waals surface area contributed by atoms with Crippen LogP contribution in [0.15, 0.2) is 12.1 Å². The van der Waals surface area contributed by atoms with E-state index in [0.717, 1.165) is 30.6 Å². The van der Waals surface area contributed by atoms with Crippen LogP contribution in [0.2, 0.25) is 0 Å². The first kappa shape index (κ1) is 7.53. The first-order chi connectivity index (χ1) is 5.77. The van der Waals surface area contributed by atoms with Crippen LogP contribution in [-0.4, -0.2) is 6.54 Å². The molecule has 2 rings (SSSR count). The fourth-order valence-electron chi connectivity index (χ4n) is 1.46. The Labute approximate surface area is 69.4 Å². The van der Waals surface area contributed by atoms with Crippen molar-refractivity contribution in [3.05, 3.63) is 29.3 Å². The van der Waals surface area contributed by atoms with Gasteiger partial charge in [-0.25, -0.2) is 8.78 Å². The number of halogens is 2. The third kappa shape index (κ3) is 1.15. The summed E-state index contributed by atoms with van der Waals surface area (Å²) in [6, 6.07) is 2.50. The van der Waals surface area contributed by atoms with Crippen LogP contribution in [0.5, 0.6) is 0 Å². The summed E-state index contributed by atoms with van der Waals surface area (Å²) in [4.78, 5) is 0. The van der Waals surface area contributed by atoms with E-state index in [1.54, 1.807) is 0 Å². The van der Waals surface area contributed by atoms with Crippen LogP contribution in [0.25, 0.3) is 0 Å². The second-order valence-electron chi connectivity index (χ2n) is 2.95. The summed E-state index contributed by atoms with van der Waals surface area (Å²) in [5.74, 6) is -1.53. The molecule has 0 spiro atoms. The molecule has 0 fully saturated rings. The van der Waals surface area contributed by atoms with Gasteiger partial charge in [0.05, 0.1) is 0 Å². The molecule has 0 aromatic heterocycles. The Morgan fingerprint density at radius 1 is 1.17 bits per heavy atom. The van der Waals surface area contributed by atoms with Gasteiger partial charge < -0.3 is 5.32 Å². The lowest BCUT2D eigenvalue weighted by Gasteiger charge is -2.17. The standard InChI is InChI=1S/C9H9F2N/c10-7-4-6-2-1-3-12-9(6)5-8(7)11/h4-5,12H,1-3H2. The number of rotatable bonds is 0. The molecule has 1 aromatic carbocycles. The molecule has 1 aliphatic rings. The van der Waals surface area contributed by atoms with Gasteiger partial charge in [-0.2, -0.15) is 0 Å². The molecule has 0 unspecified atom stereocenters. The molecular weight excluding hydrogens is 160 g/mol. The molecule has 1 aromatic rings. The average molecular weight is 169 g/mol. The molecular formula is C9H9F2N. The lowest BCUT2D eigenvalue weighted by molar-refractivity contribution is 0.506. The van der Waals surface area contributed by atoms with E-state index < -0.39 is 11.6 Å². The fraction of sp³-hybridized carbons (Fsp3) is 0.333. The predicted molar refractivity (Wildman–Crippen MR) is 43.2 cm³/mol. The molecule has 1 aliphatic heterocycles. The van der Waals surface area contributed by atoms with Crippen LogP contribution in [0.4, 0.5) is 14.5 Å². The highest BCUT2D eigenvalue weighted by Gasteiger charge is 2.12. The van der Waals surface area contributed by atoms with Crippen LogP contribution < -0.4 is 5.32 Å². The van der Waals surface area contributed by atoms with Gasteiger partial charge in [0, 0.05) is 18.3 Å². The molecule has 0 saturated carbocycles. The van der Waals surface area contributed by atoms with E-state index in [-0.39, 0.29) is 0 Å². The quantitative estimate of drug-likeness (QED) is 0.628. The Hall–Kier alpha value is -1.12. The van der Waals surface area contributed by atoms with Crippen molar-refractivity contribution < 1.29 is 8.78 Å². The van der Waals surface area contributed by atoms with Crippen LogP contribution in [0.3, 0.4) is 0 Å². The van der Waals surface area contributed by atoms with Crippen molar-refractivity contribution in [3.8, 4) is 0 Å². The van der Waals surface area contributed by atoms with E-state index in [0.29, 0.717) is 0 Å². The van der Waals surface area contributed by atoms with Crippen molar-refractivity contribution in [2.24, 2.45) is 0 Å². The normalized spacial score (nSPS) is 15.2. The molecule has 1 nitrogen and oxygen atoms in total. The molecule has 1 N–H and O–H groups in total. The van der Waals surface area contributed by atoms with Gasteiger partial charge in [-0.15, -0.1) is 0 Å². The van der Waals surface area contributed by atoms with Gasteiger partial charge in [-0.3, -0.25) is 0 Å². The monoisotopic (exact) mass is 169 g/mol. The van der Waals surface area contributed by atoms with Crippen LogP contribution in [-0.2, 0) is 6.42 Å². The van der Waals surface area contributed by atoms with Gasteiger partial charge >= 0.3 is 0 Å². The summed E-state index contributed by atoms with van der Waals surface area (Å²) >= 11 is 0. The molecule has 0 atom stereocenters. The summed E-state index contributed by atoms with van der Waals surface area (Å²) in [7, 11) is 0. The number of anilines is 1. The van der Waals surface area contributed by atoms with Gasteiger partial charge in [0.1, 0.15) is 0 Å². The van der Waals surface area contributed by atoms with Crippen molar-refractivity contribution in [2.75, 3.05) is 11.9 Å². The smallest absolute Gasteiger partial charge is 0.160 e. The van der Waals surface area contributed by atoms with E-state index in [9.17, 15) is 8.78 Å². The van der Waals surface area contributed by atoms with Crippen molar-refractivity contribution >= 4 is 5.69 Å². The van der Waals surface area contributed by atoms with Crippen molar-refractivity contribution in [2.45, 2.75) is 12.8 Å². The molecule has 64 valence electrons. The summed E-state index contributed by atoms with van der Waals surface area (Å²) in [6.07, 6.45) is 1.82. The Kier molecular flexibility index (Phi) is 1.71.